The Hall–Kier alpha value is -3.02. The molecule has 0 spiro atoms. The van der Waals surface area contributed by atoms with E-state index in [-0.39, 0.29) is 13.2 Å². The summed E-state index contributed by atoms with van der Waals surface area (Å²) in [5.74, 6) is 1.19. The molecule has 0 atom stereocenters. The van der Waals surface area contributed by atoms with Gasteiger partial charge in [0.15, 0.2) is 12.4 Å². The highest BCUT2D eigenvalue weighted by Crippen LogP contribution is 2.20. The Morgan fingerprint density at radius 3 is 2.74 bits per heavy atom. The summed E-state index contributed by atoms with van der Waals surface area (Å²) in [6.45, 7) is 1.83. The van der Waals surface area contributed by atoms with E-state index in [1.165, 1.54) is 0 Å². The van der Waals surface area contributed by atoms with Gasteiger partial charge in [0, 0.05) is 6.07 Å². The second kappa shape index (κ2) is 6.83. The zero-order valence-electron chi connectivity index (χ0n) is 12.5. The molecule has 6 heteroatoms. The van der Waals surface area contributed by atoms with Gasteiger partial charge < -0.3 is 18.4 Å². The molecule has 0 amide bonds. The molecule has 3 rings (SSSR count). The molecule has 0 saturated heterocycles. The van der Waals surface area contributed by atoms with Gasteiger partial charge in [0.1, 0.15) is 18.1 Å². The molecule has 0 unspecified atom stereocenters. The zero-order chi connectivity index (χ0) is 16.1. The minimum absolute atomic E-state index is 0.0142. The third-order valence-corrected chi connectivity index (χ3v) is 3.08. The van der Waals surface area contributed by atoms with E-state index in [1.54, 1.807) is 36.6 Å². The molecule has 3 aromatic rings. The van der Waals surface area contributed by atoms with E-state index in [0.717, 1.165) is 5.56 Å². The topological polar surface area (TPSA) is 74.7 Å². The van der Waals surface area contributed by atoms with Crippen molar-refractivity contribution in [2.45, 2.75) is 13.5 Å². The average molecular weight is 313 g/mol. The van der Waals surface area contributed by atoms with Crippen LogP contribution in [0.4, 0.5) is 0 Å². The van der Waals surface area contributed by atoms with Crippen molar-refractivity contribution >= 4 is 5.97 Å². The maximum Gasteiger partial charge on any atom is 0.344 e. The Kier molecular flexibility index (Phi) is 4.42. The van der Waals surface area contributed by atoms with E-state index < -0.39 is 5.97 Å². The molecule has 0 bridgehead atoms. The fourth-order valence-corrected chi connectivity index (χ4v) is 1.89. The number of ether oxygens (including phenoxy) is 2. The number of rotatable bonds is 6. The number of nitrogens with zero attached hydrogens (tertiary/aromatic N) is 1. The number of furan rings is 1. The summed E-state index contributed by atoms with van der Waals surface area (Å²) in [5.41, 5.74) is 1.62. The molecule has 118 valence electrons. The van der Waals surface area contributed by atoms with Gasteiger partial charge in [-0.05, 0) is 31.2 Å². The molecule has 1 aromatic carbocycles. The summed E-state index contributed by atoms with van der Waals surface area (Å²) in [4.78, 5) is 11.7. The average Bonchev–Trinajstić information content (AvgIpc) is 3.23. The van der Waals surface area contributed by atoms with Gasteiger partial charge in [0.25, 0.3) is 0 Å². The molecule has 0 aliphatic heterocycles. The summed E-state index contributed by atoms with van der Waals surface area (Å²) in [5, 5.41) is 3.82. The Balaban J connectivity index is 1.46. The van der Waals surface area contributed by atoms with Crippen molar-refractivity contribution in [3.05, 3.63) is 60.0 Å². The molecule has 0 aliphatic carbocycles. The van der Waals surface area contributed by atoms with Gasteiger partial charge in [-0.2, -0.15) is 0 Å². The van der Waals surface area contributed by atoms with E-state index in [1.807, 2.05) is 19.1 Å². The van der Waals surface area contributed by atoms with E-state index >= 15 is 0 Å². The first kappa shape index (κ1) is 14.9. The second-order valence-corrected chi connectivity index (χ2v) is 4.92. The molecular formula is C17H15NO5. The van der Waals surface area contributed by atoms with Crippen molar-refractivity contribution in [3.63, 3.8) is 0 Å². The summed E-state index contributed by atoms with van der Waals surface area (Å²) in [7, 11) is 0. The van der Waals surface area contributed by atoms with Crippen LogP contribution < -0.4 is 4.74 Å². The third kappa shape index (κ3) is 4.00. The van der Waals surface area contributed by atoms with Crippen molar-refractivity contribution in [1.82, 2.24) is 5.16 Å². The largest absolute Gasteiger partial charge is 0.482 e. The van der Waals surface area contributed by atoms with Gasteiger partial charge in [-0.3, -0.25) is 0 Å². The number of carbonyl (C=O) groups excluding carboxylic acids is 1. The van der Waals surface area contributed by atoms with E-state index in [4.69, 9.17) is 18.4 Å². The first-order valence-electron chi connectivity index (χ1n) is 7.05. The van der Waals surface area contributed by atoms with E-state index in [2.05, 4.69) is 5.16 Å². The normalized spacial score (nSPS) is 10.5. The summed E-state index contributed by atoms with van der Waals surface area (Å²) in [6, 6.07) is 12.6. The maximum atomic E-state index is 11.7. The van der Waals surface area contributed by atoms with Crippen LogP contribution in [0.1, 0.15) is 11.3 Å². The van der Waals surface area contributed by atoms with Crippen LogP contribution in [0.2, 0.25) is 0 Å². The van der Waals surface area contributed by atoms with Crippen molar-refractivity contribution in [2.75, 3.05) is 6.61 Å². The fraction of sp³-hybridized carbons (Fsp3) is 0.176. The molecule has 2 aromatic heterocycles. The Morgan fingerprint density at radius 1 is 1.17 bits per heavy atom. The Morgan fingerprint density at radius 2 is 2.00 bits per heavy atom. The smallest absolute Gasteiger partial charge is 0.344 e. The van der Waals surface area contributed by atoms with Gasteiger partial charge in [-0.15, -0.1) is 0 Å². The number of aryl methyl sites for hydroxylation is 1. The standard InChI is InChI=1S/C17H15NO5/c1-12-4-6-14(7-5-12)21-11-17(19)22-10-13-9-16(23-18-13)15-3-2-8-20-15/h2-9H,10-11H2,1H3. The quantitative estimate of drug-likeness (QED) is 0.650. The van der Waals surface area contributed by atoms with Crippen LogP contribution in [0.3, 0.4) is 0 Å². The van der Waals surface area contributed by atoms with Crippen LogP contribution in [0.5, 0.6) is 5.75 Å². The number of carbonyl (C=O) groups is 1. The monoisotopic (exact) mass is 313 g/mol. The van der Waals surface area contributed by atoms with Crippen LogP contribution in [0.15, 0.2) is 57.7 Å². The summed E-state index contributed by atoms with van der Waals surface area (Å²) < 4.78 is 20.7. The predicted molar refractivity (Wildman–Crippen MR) is 80.7 cm³/mol. The van der Waals surface area contributed by atoms with Crippen molar-refractivity contribution in [1.29, 1.82) is 0 Å². The Labute approximate surface area is 132 Å². The van der Waals surface area contributed by atoms with Crippen LogP contribution in [-0.4, -0.2) is 17.7 Å². The van der Waals surface area contributed by atoms with Crippen LogP contribution >= 0.6 is 0 Å². The van der Waals surface area contributed by atoms with Gasteiger partial charge in [-0.1, -0.05) is 22.9 Å². The highest BCUT2D eigenvalue weighted by molar-refractivity contribution is 5.71. The first-order chi connectivity index (χ1) is 11.2. The third-order valence-electron chi connectivity index (χ3n) is 3.08. The molecule has 23 heavy (non-hydrogen) atoms. The van der Waals surface area contributed by atoms with Crippen LogP contribution in [0.25, 0.3) is 11.5 Å². The highest BCUT2D eigenvalue weighted by atomic mass is 16.6. The van der Waals surface area contributed by atoms with E-state index in [9.17, 15) is 4.79 Å². The highest BCUT2D eigenvalue weighted by Gasteiger charge is 2.11. The molecule has 0 aliphatic rings. The van der Waals surface area contributed by atoms with Crippen LogP contribution in [0, 0.1) is 6.92 Å². The fourth-order valence-electron chi connectivity index (χ4n) is 1.89. The first-order valence-corrected chi connectivity index (χ1v) is 7.05. The lowest BCUT2D eigenvalue weighted by Gasteiger charge is -2.06. The second-order valence-electron chi connectivity index (χ2n) is 4.92. The van der Waals surface area contributed by atoms with Crippen molar-refractivity contribution < 1.29 is 23.2 Å². The molecule has 6 nitrogen and oxygen atoms in total. The van der Waals surface area contributed by atoms with Crippen LogP contribution in [-0.2, 0) is 16.1 Å². The maximum absolute atomic E-state index is 11.7. The predicted octanol–water partition coefficient (Wildman–Crippen LogP) is 3.37. The molecule has 2 heterocycles. The number of aromatic nitrogens is 1. The Bertz CT molecular complexity index is 759. The minimum Gasteiger partial charge on any atom is -0.482 e. The number of benzene rings is 1. The molecular weight excluding hydrogens is 298 g/mol. The lowest BCUT2D eigenvalue weighted by molar-refractivity contribution is -0.147. The molecule has 0 N–H and O–H groups in total. The lowest BCUT2D eigenvalue weighted by Crippen LogP contribution is -2.14. The van der Waals surface area contributed by atoms with Crippen molar-refractivity contribution in [2.24, 2.45) is 0 Å². The molecule has 0 saturated carbocycles. The van der Waals surface area contributed by atoms with Gasteiger partial charge >= 0.3 is 5.97 Å². The van der Waals surface area contributed by atoms with Gasteiger partial charge in [0.05, 0.1) is 6.26 Å². The molecule has 0 radical (unpaired) electrons. The SMILES string of the molecule is Cc1ccc(OCC(=O)OCc2cc(-c3ccco3)on2)cc1. The van der Waals surface area contributed by atoms with Gasteiger partial charge in [-0.25, -0.2) is 4.79 Å². The summed E-state index contributed by atoms with van der Waals surface area (Å²) in [6.07, 6.45) is 1.54. The number of hydrogen-bond acceptors (Lipinski definition) is 6. The zero-order valence-corrected chi connectivity index (χ0v) is 12.5. The van der Waals surface area contributed by atoms with E-state index in [0.29, 0.717) is 23.0 Å². The molecule has 0 fully saturated rings. The summed E-state index contributed by atoms with van der Waals surface area (Å²) >= 11 is 0. The van der Waals surface area contributed by atoms with Crippen molar-refractivity contribution in [3.8, 4) is 17.3 Å². The number of hydrogen-bond donors (Lipinski definition) is 0. The number of esters is 1. The van der Waals surface area contributed by atoms with Gasteiger partial charge in [0.2, 0.25) is 5.76 Å². The lowest BCUT2D eigenvalue weighted by atomic mass is 10.2. The minimum atomic E-state index is -0.479.